The molecule has 1 aliphatic rings. The fourth-order valence-corrected chi connectivity index (χ4v) is 3.21. The molecule has 1 aromatic rings. The van der Waals surface area contributed by atoms with Crippen LogP contribution in [0.4, 0.5) is 0 Å². The van der Waals surface area contributed by atoms with E-state index in [1.165, 1.54) is 16.2 Å². The highest BCUT2D eigenvalue weighted by Crippen LogP contribution is 2.25. The Bertz CT molecular complexity index is 378. The summed E-state index contributed by atoms with van der Waals surface area (Å²) < 4.78 is 0. The SMILES string of the molecule is CCc1ccc(CNC2CCCC2C#N)s1. The molecule has 1 heterocycles. The quantitative estimate of drug-likeness (QED) is 0.869. The lowest BCUT2D eigenvalue weighted by molar-refractivity contribution is 0.466. The summed E-state index contributed by atoms with van der Waals surface area (Å²) in [5.41, 5.74) is 0. The van der Waals surface area contributed by atoms with E-state index in [0.717, 1.165) is 25.8 Å². The standard InChI is InChI=1S/C13H18N2S/c1-2-11-6-7-12(16-11)9-15-13-5-3-4-10(13)8-14/h6-7,10,13,15H,2-5,9H2,1H3. The smallest absolute Gasteiger partial charge is 0.0672 e. The van der Waals surface area contributed by atoms with Gasteiger partial charge in [0.2, 0.25) is 0 Å². The highest BCUT2D eigenvalue weighted by molar-refractivity contribution is 7.11. The molecule has 0 spiro atoms. The first-order chi connectivity index (χ1) is 7.83. The van der Waals surface area contributed by atoms with Crippen LogP contribution in [0.3, 0.4) is 0 Å². The highest BCUT2D eigenvalue weighted by atomic mass is 32.1. The zero-order valence-electron chi connectivity index (χ0n) is 9.70. The lowest BCUT2D eigenvalue weighted by atomic mass is 10.1. The van der Waals surface area contributed by atoms with Crippen molar-refractivity contribution in [3.63, 3.8) is 0 Å². The average Bonchev–Trinajstić information content (AvgIpc) is 2.94. The Labute approximate surface area is 101 Å². The molecule has 1 N–H and O–H groups in total. The van der Waals surface area contributed by atoms with Crippen LogP contribution in [0.25, 0.3) is 0 Å². The summed E-state index contributed by atoms with van der Waals surface area (Å²) >= 11 is 1.88. The van der Waals surface area contributed by atoms with Gasteiger partial charge in [0.05, 0.1) is 12.0 Å². The van der Waals surface area contributed by atoms with Gasteiger partial charge in [-0.1, -0.05) is 13.3 Å². The lowest BCUT2D eigenvalue weighted by Gasteiger charge is -2.14. The van der Waals surface area contributed by atoms with Gasteiger partial charge in [-0.2, -0.15) is 5.26 Å². The number of hydrogen-bond acceptors (Lipinski definition) is 3. The van der Waals surface area contributed by atoms with E-state index in [4.69, 9.17) is 5.26 Å². The zero-order chi connectivity index (χ0) is 11.4. The first-order valence-corrected chi connectivity index (χ1v) is 6.85. The Morgan fingerprint density at radius 1 is 1.44 bits per heavy atom. The summed E-state index contributed by atoms with van der Waals surface area (Å²) in [4.78, 5) is 2.83. The summed E-state index contributed by atoms with van der Waals surface area (Å²) in [5, 5.41) is 12.5. The molecule has 16 heavy (non-hydrogen) atoms. The van der Waals surface area contributed by atoms with Crippen molar-refractivity contribution in [2.24, 2.45) is 5.92 Å². The third-order valence-electron chi connectivity index (χ3n) is 3.29. The summed E-state index contributed by atoms with van der Waals surface area (Å²) in [6.45, 7) is 3.11. The van der Waals surface area contributed by atoms with Gasteiger partial charge in [-0.05, 0) is 31.4 Å². The van der Waals surface area contributed by atoms with Crippen LogP contribution in [-0.4, -0.2) is 6.04 Å². The van der Waals surface area contributed by atoms with Gasteiger partial charge in [0.15, 0.2) is 0 Å². The number of nitrogens with one attached hydrogen (secondary N) is 1. The number of nitriles is 1. The molecule has 0 amide bonds. The van der Waals surface area contributed by atoms with Gasteiger partial charge in [-0.3, -0.25) is 0 Å². The minimum atomic E-state index is 0.227. The van der Waals surface area contributed by atoms with Crippen LogP contribution in [0.2, 0.25) is 0 Å². The van der Waals surface area contributed by atoms with Crippen LogP contribution >= 0.6 is 11.3 Å². The van der Waals surface area contributed by atoms with Crippen molar-refractivity contribution in [1.29, 1.82) is 5.26 Å². The Hall–Kier alpha value is -0.850. The molecule has 2 rings (SSSR count). The molecule has 2 unspecified atom stereocenters. The molecule has 1 fully saturated rings. The Kier molecular flexibility index (Phi) is 3.98. The van der Waals surface area contributed by atoms with Crippen LogP contribution < -0.4 is 5.32 Å². The van der Waals surface area contributed by atoms with Gasteiger partial charge in [0, 0.05) is 22.3 Å². The Morgan fingerprint density at radius 3 is 2.94 bits per heavy atom. The first kappa shape index (κ1) is 11.6. The maximum absolute atomic E-state index is 8.99. The van der Waals surface area contributed by atoms with Crippen LogP contribution in [0, 0.1) is 17.2 Å². The molecule has 0 bridgehead atoms. The molecule has 1 aliphatic carbocycles. The predicted octanol–water partition coefficient (Wildman–Crippen LogP) is 3.09. The zero-order valence-corrected chi connectivity index (χ0v) is 10.5. The van der Waals surface area contributed by atoms with E-state index >= 15 is 0 Å². The van der Waals surface area contributed by atoms with Gasteiger partial charge in [0.25, 0.3) is 0 Å². The van der Waals surface area contributed by atoms with Gasteiger partial charge in [-0.15, -0.1) is 11.3 Å². The molecule has 0 radical (unpaired) electrons. The van der Waals surface area contributed by atoms with Crippen molar-refractivity contribution < 1.29 is 0 Å². The van der Waals surface area contributed by atoms with Crippen molar-refractivity contribution in [2.45, 2.75) is 45.2 Å². The average molecular weight is 234 g/mol. The van der Waals surface area contributed by atoms with Crippen molar-refractivity contribution in [2.75, 3.05) is 0 Å². The summed E-state index contributed by atoms with van der Waals surface area (Å²) in [5.74, 6) is 0.227. The van der Waals surface area contributed by atoms with Gasteiger partial charge in [0.1, 0.15) is 0 Å². The fourth-order valence-electron chi connectivity index (χ4n) is 2.30. The fraction of sp³-hybridized carbons (Fsp3) is 0.615. The third-order valence-corrected chi connectivity index (χ3v) is 4.52. The molecule has 1 aromatic heterocycles. The summed E-state index contributed by atoms with van der Waals surface area (Å²) in [6, 6.07) is 7.23. The summed E-state index contributed by atoms with van der Waals surface area (Å²) in [7, 11) is 0. The molecule has 2 nitrogen and oxygen atoms in total. The Morgan fingerprint density at radius 2 is 2.25 bits per heavy atom. The van der Waals surface area contributed by atoms with Crippen LogP contribution in [0.15, 0.2) is 12.1 Å². The van der Waals surface area contributed by atoms with Crippen LogP contribution in [0.5, 0.6) is 0 Å². The van der Waals surface area contributed by atoms with E-state index in [9.17, 15) is 0 Å². The number of rotatable bonds is 4. The van der Waals surface area contributed by atoms with E-state index in [1.54, 1.807) is 0 Å². The van der Waals surface area contributed by atoms with Crippen molar-refractivity contribution in [3.05, 3.63) is 21.9 Å². The van der Waals surface area contributed by atoms with Crippen molar-refractivity contribution >= 4 is 11.3 Å². The van der Waals surface area contributed by atoms with E-state index < -0.39 is 0 Å². The van der Waals surface area contributed by atoms with E-state index in [2.05, 4.69) is 30.4 Å². The largest absolute Gasteiger partial charge is 0.308 e. The molecule has 0 aliphatic heterocycles. The topological polar surface area (TPSA) is 35.8 Å². The first-order valence-electron chi connectivity index (χ1n) is 6.04. The van der Waals surface area contributed by atoms with E-state index in [-0.39, 0.29) is 5.92 Å². The second kappa shape index (κ2) is 5.47. The maximum atomic E-state index is 8.99. The van der Waals surface area contributed by atoms with Crippen molar-refractivity contribution in [1.82, 2.24) is 5.32 Å². The number of hydrogen-bond donors (Lipinski definition) is 1. The molecular formula is C13H18N2S. The van der Waals surface area contributed by atoms with Gasteiger partial charge in [-0.25, -0.2) is 0 Å². The maximum Gasteiger partial charge on any atom is 0.0672 e. The molecule has 1 saturated carbocycles. The predicted molar refractivity (Wildman–Crippen MR) is 67.3 cm³/mol. The minimum absolute atomic E-state index is 0.227. The third kappa shape index (κ3) is 2.63. The van der Waals surface area contributed by atoms with Crippen molar-refractivity contribution in [3.8, 4) is 6.07 Å². The van der Waals surface area contributed by atoms with Crippen LogP contribution in [-0.2, 0) is 13.0 Å². The molecule has 0 aromatic carbocycles. The van der Waals surface area contributed by atoms with Gasteiger partial charge < -0.3 is 5.32 Å². The monoisotopic (exact) mass is 234 g/mol. The molecular weight excluding hydrogens is 216 g/mol. The molecule has 0 saturated heterocycles. The second-order valence-corrected chi connectivity index (χ2v) is 5.63. The van der Waals surface area contributed by atoms with E-state index in [1.807, 2.05) is 11.3 Å². The number of aryl methyl sites for hydroxylation is 1. The minimum Gasteiger partial charge on any atom is -0.308 e. The summed E-state index contributed by atoms with van der Waals surface area (Å²) in [6.07, 6.45) is 4.54. The second-order valence-electron chi connectivity index (χ2n) is 4.38. The van der Waals surface area contributed by atoms with Gasteiger partial charge >= 0.3 is 0 Å². The molecule has 2 atom stereocenters. The Balaban J connectivity index is 1.85. The van der Waals surface area contributed by atoms with E-state index in [0.29, 0.717) is 6.04 Å². The molecule has 86 valence electrons. The molecule has 3 heteroatoms. The lowest BCUT2D eigenvalue weighted by Crippen LogP contribution is -2.30. The highest BCUT2D eigenvalue weighted by Gasteiger charge is 2.26. The number of nitrogens with zero attached hydrogens (tertiary/aromatic N) is 1. The number of thiophene rings is 1. The van der Waals surface area contributed by atoms with Crippen LogP contribution in [0.1, 0.15) is 35.9 Å². The normalized spacial score (nSPS) is 24.5.